The van der Waals surface area contributed by atoms with Gasteiger partial charge in [0.15, 0.2) is 0 Å². The SMILES string of the molecule is CC(=O)CC/C(C)=C/COc1ccccc1Cn1c(C)cnc1-c1ccc(Cl)nc1. The van der Waals surface area contributed by atoms with Gasteiger partial charge in [-0.05, 0) is 51.5 Å². The molecule has 0 saturated carbocycles. The maximum Gasteiger partial charge on any atom is 0.141 e. The van der Waals surface area contributed by atoms with Crippen LogP contribution >= 0.6 is 11.6 Å². The van der Waals surface area contributed by atoms with Crippen LogP contribution in [0.4, 0.5) is 0 Å². The van der Waals surface area contributed by atoms with Crippen LogP contribution in [0, 0.1) is 6.92 Å². The molecule has 0 radical (unpaired) electrons. The lowest BCUT2D eigenvalue weighted by molar-refractivity contribution is -0.116. The molecule has 5 nitrogen and oxygen atoms in total. The highest BCUT2D eigenvalue weighted by Crippen LogP contribution is 2.25. The normalized spacial score (nSPS) is 11.5. The first-order valence-corrected chi connectivity index (χ1v) is 10.3. The summed E-state index contributed by atoms with van der Waals surface area (Å²) in [6.45, 7) is 6.78. The van der Waals surface area contributed by atoms with Gasteiger partial charge in [0.2, 0.25) is 0 Å². The number of nitrogens with zero attached hydrogens (tertiary/aromatic N) is 3. The van der Waals surface area contributed by atoms with Crippen LogP contribution in [0.5, 0.6) is 5.75 Å². The van der Waals surface area contributed by atoms with Gasteiger partial charge in [0, 0.05) is 35.6 Å². The molecule has 0 aliphatic heterocycles. The summed E-state index contributed by atoms with van der Waals surface area (Å²) in [6, 6.07) is 11.7. The lowest BCUT2D eigenvalue weighted by atomic mass is 10.1. The van der Waals surface area contributed by atoms with Crippen LogP contribution in [-0.2, 0) is 11.3 Å². The summed E-state index contributed by atoms with van der Waals surface area (Å²) in [7, 11) is 0. The fourth-order valence-electron chi connectivity index (χ4n) is 3.09. The highest BCUT2D eigenvalue weighted by Gasteiger charge is 2.12. The molecule has 0 N–H and O–H groups in total. The maximum absolute atomic E-state index is 11.1. The molecule has 0 fully saturated rings. The second-order valence-corrected chi connectivity index (χ2v) is 7.74. The number of hydrogen-bond donors (Lipinski definition) is 0. The quantitative estimate of drug-likeness (QED) is 0.329. The summed E-state index contributed by atoms with van der Waals surface area (Å²) in [5.74, 6) is 1.88. The van der Waals surface area contributed by atoms with Gasteiger partial charge in [0.25, 0.3) is 0 Å². The van der Waals surface area contributed by atoms with Gasteiger partial charge in [-0.2, -0.15) is 0 Å². The van der Waals surface area contributed by atoms with Gasteiger partial charge < -0.3 is 14.1 Å². The molecule has 0 spiro atoms. The van der Waals surface area contributed by atoms with Gasteiger partial charge in [-0.1, -0.05) is 35.4 Å². The smallest absolute Gasteiger partial charge is 0.141 e. The van der Waals surface area contributed by atoms with Crippen molar-refractivity contribution in [1.29, 1.82) is 0 Å². The number of allylic oxidation sites excluding steroid dienone is 1. The van der Waals surface area contributed by atoms with E-state index in [2.05, 4.69) is 20.6 Å². The van der Waals surface area contributed by atoms with E-state index in [0.717, 1.165) is 40.4 Å². The average Bonchev–Trinajstić information content (AvgIpc) is 3.08. The largest absolute Gasteiger partial charge is 0.489 e. The second kappa shape index (κ2) is 10.2. The van der Waals surface area contributed by atoms with Crippen LogP contribution in [0.15, 0.2) is 60.4 Å². The summed E-state index contributed by atoms with van der Waals surface area (Å²) >= 11 is 5.92. The number of hydrogen-bond acceptors (Lipinski definition) is 4. The van der Waals surface area contributed by atoms with Crippen molar-refractivity contribution in [3.63, 3.8) is 0 Å². The molecule has 0 unspecified atom stereocenters. The second-order valence-electron chi connectivity index (χ2n) is 7.35. The third-order valence-corrected chi connectivity index (χ3v) is 5.11. The number of Topliss-reactive ketones (excluding diaryl/α,β-unsaturated/α-hetero) is 1. The topological polar surface area (TPSA) is 57.0 Å². The van der Waals surface area contributed by atoms with Gasteiger partial charge in [-0.25, -0.2) is 9.97 Å². The van der Waals surface area contributed by atoms with Crippen LogP contribution in [0.2, 0.25) is 5.15 Å². The van der Waals surface area contributed by atoms with Gasteiger partial charge in [0.1, 0.15) is 29.1 Å². The first-order valence-electron chi connectivity index (χ1n) is 9.94. The highest BCUT2D eigenvalue weighted by atomic mass is 35.5. The van der Waals surface area contributed by atoms with E-state index in [0.29, 0.717) is 24.7 Å². The van der Waals surface area contributed by atoms with E-state index in [1.807, 2.05) is 50.4 Å². The third kappa shape index (κ3) is 5.80. The van der Waals surface area contributed by atoms with Crippen molar-refractivity contribution in [1.82, 2.24) is 14.5 Å². The molecule has 2 heterocycles. The molecule has 0 bridgehead atoms. The number of carbonyl (C=O) groups excluding carboxylic acids is 1. The Morgan fingerprint density at radius 1 is 1.10 bits per heavy atom. The van der Waals surface area contributed by atoms with Crippen LogP contribution in [-0.4, -0.2) is 26.9 Å². The molecule has 1 aromatic carbocycles. The first kappa shape index (κ1) is 21.8. The fraction of sp³-hybridized carbons (Fsp3) is 0.292. The lowest BCUT2D eigenvalue weighted by Gasteiger charge is -2.14. The summed E-state index contributed by atoms with van der Waals surface area (Å²) in [5.41, 5.74) is 4.19. The van der Waals surface area contributed by atoms with E-state index >= 15 is 0 Å². The molecular formula is C24H26ClN3O2. The molecule has 2 aromatic heterocycles. The molecule has 0 aliphatic carbocycles. The average molecular weight is 424 g/mol. The van der Waals surface area contributed by atoms with Crippen molar-refractivity contribution >= 4 is 17.4 Å². The van der Waals surface area contributed by atoms with Crippen LogP contribution in [0.1, 0.15) is 37.9 Å². The zero-order valence-corrected chi connectivity index (χ0v) is 18.3. The number of aryl methyl sites for hydroxylation is 1. The van der Waals surface area contributed by atoms with E-state index in [1.165, 1.54) is 0 Å². The Balaban J connectivity index is 1.76. The zero-order valence-electron chi connectivity index (χ0n) is 17.6. The Morgan fingerprint density at radius 2 is 1.90 bits per heavy atom. The molecule has 3 aromatic rings. The van der Waals surface area contributed by atoms with E-state index in [1.54, 1.807) is 19.2 Å². The molecular weight excluding hydrogens is 398 g/mol. The number of carbonyl (C=O) groups is 1. The molecule has 156 valence electrons. The molecule has 0 amide bonds. The number of imidazole rings is 1. The predicted octanol–water partition coefficient (Wildman–Crippen LogP) is 5.65. The summed E-state index contributed by atoms with van der Waals surface area (Å²) in [5, 5.41) is 0.457. The number of benzene rings is 1. The summed E-state index contributed by atoms with van der Waals surface area (Å²) in [6.07, 6.45) is 6.97. The van der Waals surface area contributed by atoms with Crippen molar-refractivity contribution in [2.24, 2.45) is 0 Å². The lowest BCUT2D eigenvalue weighted by Crippen LogP contribution is -2.07. The zero-order chi connectivity index (χ0) is 21.5. The minimum absolute atomic E-state index is 0.205. The molecule has 6 heteroatoms. The van der Waals surface area contributed by atoms with Gasteiger partial charge >= 0.3 is 0 Å². The van der Waals surface area contributed by atoms with E-state index in [-0.39, 0.29) is 5.78 Å². The van der Waals surface area contributed by atoms with Crippen molar-refractivity contribution in [2.45, 2.75) is 40.2 Å². The van der Waals surface area contributed by atoms with Gasteiger partial charge in [-0.3, -0.25) is 0 Å². The standard InChI is InChI=1S/C24H26ClN3O2/c1-17(8-9-19(3)29)12-13-30-22-7-5-4-6-21(22)16-28-18(2)14-27-24(28)20-10-11-23(25)26-15-20/h4-7,10-12,14-15H,8-9,13,16H2,1-3H3/b17-12+. The first-order chi connectivity index (χ1) is 14.4. The number of para-hydroxylation sites is 1. The molecule has 30 heavy (non-hydrogen) atoms. The van der Waals surface area contributed by atoms with E-state index < -0.39 is 0 Å². The Bertz CT molecular complexity index is 1040. The number of rotatable bonds is 9. The van der Waals surface area contributed by atoms with E-state index in [9.17, 15) is 4.79 Å². The number of ether oxygens (including phenoxy) is 1. The van der Waals surface area contributed by atoms with Crippen molar-refractivity contribution in [2.75, 3.05) is 6.61 Å². The number of halogens is 1. The fourth-order valence-corrected chi connectivity index (χ4v) is 3.21. The Hall–Kier alpha value is -2.92. The minimum atomic E-state index is 0.205. The summed E-state index contributed by atoms with van der Waals surface area (Å²) in [4.78, 5) is 19.9. The molecule has 0 atom stereocenters. The van der Waals surface area contributed by atoms with Crippen LogP contribution in [0.3, 0.4) is 0 Å². The Labute approximate surface area is 182 Å². The van der Waals surface area contributed by atoms with Crippen LogP contribution < -0.4 is 4.74 Å². The van der Waals surface area contributed by atoms with Crippen molar-refractivity contribution in [3.05, 3.63) is 76.9 Å². The third-order valence-electron chi connectivity index (χ3n) is 4.88. The van der Waals surface area contributed by atoms with Crippen molar-refractivity contribution < 1.29 is 9.53 Å². The number of pyridine rings is 1. The molecule has 0 aliphatic rings. The Kier molecular flexibility index (Phi) is 7.41. The summed E-state index contributed by atoms with van der Waals surface area (Å²) < 4.78 is 8.18. The highest BCUT2D eigenvalue weighted by molar-refractivity contribution is 6.29. The Morgan fingerprint density at radius 3 is 2.63 bits per heavy atom. The monoisotopic (exact) mass is 423 g/mol. The van der Waals surface area contributed by atoms with E-state index in [4.69, 9.17) is 16.3 Å². The molecule has 0 saturated heterocycles. The minimum Gasteiger partial charge on any atom is -0.489 e. The van der Waals surface area contributed by atoms with Gasteiger partial charge in [-0.15, -0.1) is 0 Å². The van der Waals surface area contributed by atoms with Crippen molar-refractivity contribution in [3.8, 4) is 17.1 Å². The maximum atomic E-state index is 11.1. The number of aromatic nitrogens is 3. The molecule has 3 rings (SSSR count). The predicted molar refractivity (Wildman–Crippen MR) is 120 cm³/mol. The van der Waals surface area contributed by atoms with Crippen LogP contribution in [0.25, 0.3) is 11.4 Å². The number of ketones is 1. The van der Waals surface area contributed by atoms with Gasteiger partial charge in [0.05, 0.1) is 6.54 Å².